The van der Waals surface area contributed by atoms with Gasteiger partial charge in [0.05, 0.1) is 13.0 Å². The fourth-order valence-electron chi connectivity index (χ4n) is 5.41. The second kappa shape index (κ2) is 16.6. The summed E-state index contributed by atoms with van der Waals surface area (Å²) in [4.78, 5) is 26.4. The predicted octanol–water partition coefficient (Wildman–Crippen LogP) is 4.96. The monoisotopic (exact) mass is 558 g/mol. The standard InChI is InChI=1S/C29H45FN6O2.C2H6/c1-4-35-15-17-36(18-16-35)25-12-10-24(11-13-25)34-29(31-2)32-14-6-5-7-21-19-22(20-26(38-3)27(21)30)28(37)33-23-8-9-23;1-2/h12,14,20,22-24H,4-11,13,15-19H2,1-3H3,(H,31,34)(H,33,37);1-2H3/b32-14-;. The number of methoxy groups -OCH3 is 1. The van der Waals surface area contributed by atoms with E-state index in [1.54, 1.807) is 13.1 Å². The molecular formula is C31H51FN6O2. The molecule has 1 saturated heterocycles. The molecule has 40 heavy (non-hydrogen) atoms. The van der Waals surface area contributed by atoms with E-state index >= 15 is 0 Å². The number of rotatable bonds is 10. The van der Waals surface area contributed by atoms with Crippen molar-refractivity contribution in [2.24, 2.45) is 15.9 Å². The maximum atomic E-state index is 14.8. The second-order valence-corrected chi connectivity index (χ2v) is 10.7. The third kappa shape index (κ3) is 9.46. The number of carbonyl (C=O) groups excluding carboxylic acids is 1. The zero-order valence-corrected chi connectivity index (χ0v) is 25.3. The summed E-state index contributed by atoms with van der Waals surface area (Å²) in [5, 5.41) is 6.51. The molecule has 0 radical (unpaired) electrons. The third-order valence-electron chi connectivity index (χ3n) is 8.01. The lowest BCUT2D eigenvalue weighted by molar-refractivity contribution is -0.123. The molecule has 0 bridgehead atoms. The van der Waals surface area contributed by atoms with E-state index in [0.29, 0.717) is 36.8 Å². The van der Waals surface area contributed by atoms with E-state index in [2.05, 4.69) is 43.4 Å². The van der Waals surface area contributed by atoms with E-state index in [9.17, 15) is 9.18 Å². The summed E-state index contributed by atoms with van der Waals surface area (Å²) in [6.07, 6.45) is 13.5. The molecule has 4 aliphatic rings. The summed E-state index contributed by atoms with van der Waals surface area (Å²) in [6, 6.07) is 0.625. The first kappa shape index (κ1) is 31.8. The van der Waals surface area contributed by atoms with Crippen LogP contribution in [0.15, 0.2) is 45.0 Å². The van der Waals surface area contributed by atoms with Gasteiger partial charge in [0.25, 0.3) is 0 Å². The molecule has 2 atom stereocenters. The summed E-state index contributed by atoms with van der Waals surface area (Å²) in [6.45, 7) is 11.9. The molecule has 4 rings (SSSR count). The lowest BCUT2D eigenvalue weighted by atomic mass is 9.89. The number of hydrogen-bond acceptors (Lipinski definition) is 5. The van der Waals surface area contributed by atoms with Crippen LogP contribution in [0.1, 0.15) is 78.6 Å². The van der Waals surface area contributed by atoms with Gasteiger partial charge in [-0.05, 0) is 76.0 Å². The highest BCUT2D eigenvalue weighted by atomic mass is 19.1. The zero-order valence-electron chi connectivity index (χ0n) is 25.3. The van der Waals surface area contributed by atoms with Crippen molar-refractivity contribution in [2.75, 3.05) is 46.9 Å². The fraction of sp³-hybridized carbons (Fsp3) is 0.710. The van der Waals surface area contributed by atoms with Gasteiger partial charge >= 0.3 is 0 Å². The van der Waals surface area contributed by atoms with E-state index < -0.39 is 0 Å². The minimum atomic E-state index is -0.372. The predicted molar refractivity (Wildman–Crippen MR) is 162 cm³/mol. The maximum absolute atomic E-state index is 14.8. The quantitative estimate of drug-likeness (QED) is 0.225. The van der Waals surface area contributed by atoms with Crippen LogP contribution in [-0.4, -0.2) is 86.8 Å². The number of aliphatic imine (C=N–C) groups is 2. The number of ether oxygens (including phenoxy) is 1. The van der Waals surface area contributed by atoms with Crippen molar-refractivity contribution in [2.45, 2.75) is 90.6 Å². The summed E-state index contributed by atoms with van der Waals surface area (Å²) < 4.78 is 20.1. The number of likely N-dealkylation sites (N-methyl/N-ethyl adjacent to an activating group) is 1. The van der Waals surface area contributed by atoms with E-state index in [0.717, 1.165) is 71.2 Å². The van der Waals surface area contributed by atoms with Crippen LogP contribution in [-0.2, 0) is 9.53 Å². The highest BCUT2D eigenvalue weighted by Crippen LogP contribution is 2.34. The first-order valence-electron chi connectivity index (χ1n) is 15.4. The van der Waals surface area contributed by atoms with Crippen molar-refractivity contribution < 1.29 is 13.9 Å². The second-order valence-electron chi connectivity index (χ2n) is 10.7. The highest BCUT2D eigenvalue weighted by molar-refractivity contribution is 5.87. The van der Waals surface area contributed by atoms with Gasteiger partial charge in [-0.3, -0.25) is 9.79 Å². The lowest BCUT2D eigenvalue weighted by Gasteiger charge is -2.38. The lowest BCUT2D eigenvalue weighted by Crippen LogP contribution is -2.46. The molecule has 1 heterocycles. The Morgan fingerprint density at radius 1 is 1.15 bits per heavy atom. The number of allylic oxidation sites excluding steroid dienone is 3. The van der Waals surface area contributed by atoms with Crippen LogP contribution in [0.2, 0.25) is 0 Å². The van der Waals surface area contributed by atoms with Crippen molar-refractivity contribution in [3.05, 3.63) is 35.0 Å². The van der Waals surface area contributed by atoms with Gasteiger partial charge in [0.1, 0.15) is 0 Å². The first-order chi connectivity index (χ1) is 19.5. The van der Waals surface area contributed by atoms with E-state index in [1.807, 2.05) is 20.1 Å². The molecule has 8 nitrogen and oxygen atoms in total. The van der Waals surface area contributed by atoms with Crippen molar-refractivity contribution in [3.63, 3.8) is 0 Å². The van der Waals surface area contributed by atoms with Crippen LogP contribution < -0.4 is 10.6 Å². The number of hydrogen-bond donors (Lipinski definition) is 2. The fourth-order valence-corrected chi connectivity index (χ4v) is 5.41. The Bertz CT molecular complexity index is 976. The summed E-state index contributed by atoms with van der Waals surface area (Å²) >= 11 is 0. The van der Waals surface area contributed by atoms with Crippen LogP contribution >= 0.6 is 0 Å². The Balaban J connectivity index is 0.00000216. The third-order valence-corrected chi connectivity index (χ3v) is 8.01. The van der Waals surface area contributed by atoms with E-state index in [1.165, 1.54) is 12.8 Å². The van der Waals surface area contributed by atoms with Crippen LogP contribution in [0, 0.1) is 5.92 Å². The van der Waals surface area contributed by atoms with Gasteiger partial charge in [-0.25, -0.2) is 9.38 Å². The average Bonchev–Trinajstić information content (AvgIpc) is 3.82. The Morgan fingerprint density at radius 3 is 2.50 bits per heavy atom. The minimum absolute atomic E-state index is 0.0350. The number of halogens is 1. The molecule has 2 fully saturated rings. The molecule has 9 heteroatoms. The number of nitrogens with zero attached hydrogens (tertiary/aromatic N) is 4. The van der Waals surface area contributed by atoms with Gasteiger partial charge in [-0.2, -0.15) is 0 Å². The zero-order chi connectivity index (χ0) is 28.9. The van der Waals surface area contributed by atoms with Crippen LogP contribution in [0.25, 0.3) is 0 Å². The number of piperazine rings is 1. The van der Waals surface area contributed by atoms with Crippen molar-refractivity contribution >= 4 is 18.1 Å². The Hall–Kier alpha value is -2.68. The van der Waals surface area contributed by atoms with Crippen molar-refractivity contribution in [1.29, 1.82) is 0 Å². The Morgan fingerprint density at radius 2 is 1.90 bits per heavy atom. The smallest absolute Gasteiger partial charge is 0.227 e. The molecule has 1 saturated carbocycles. The topological polar surface area (TPSA) is 81.6 Å². The van der Waals surface area contributed by atoms with Gasteiger partial charge in [0.2, 0.25) is 11.9 Å². The molecule has 1 aliphatic heterocycles. The van der Waals surface area contributed by atoms with Gasteiger partial charge in [-0.1, -0.05) is 26.8 Å². The van der Waals surface area contributed by atoms with Crippen LogP contribution in [0.4, 0.5) is 4.39 Å². The molecule has 3 aliphatic carbocycles. The van der Waals surface area contributed by atoms with Gasteiger partial charge < -0.3 is 25.2 Å². The van der Waals surface area contributed by atoms with Crippen LogP contribution in [0.5, 0.6) is 0 Å². The number of amides is 1. The molecule has 2 unspecified atom stereocenters. The Labute approximate surface area is 240 Å². The summed E-state index contributed by atoms with van der Waals surface area (Å²) in [7, 11) is 3.20. The van der Waals surface area contributed by atoms with Gasteiger partial charge in [-0.15, -0.1) is 0 Å². The van der Waals surface area contributed by atoms with Crippen molar-refractivity contribution in [1.82, 2.24) is 20.4 Å². The number of guanidine groups is 1. The SMILES string of the molecule is CC.CCN1CCN(C2=CCC(NC(=NC)/N=C\CCCC3=C(F)C(OC)=CC(C(=O)NC4CC4)C3)CC2)CC1. The average molecular weight is 559 g/mol. The molecule has 0 aromatic heterocycles. The van der Waals surface area contributed by atoms with Crippen LogP contribution in [0.3, 0.4) is 0 Å². The van der Waals surface area contributed by atoms with Gasteiger partial charge in [0, 0.05) is 57.2 Å². The normalized spacial score (nSPS) is 24.2. The molecule has 2 N–H and O–H groups in total. The van der Waals surface area contributed by atoms with Crippen molar-refractivity contribution in [3.8, 4) is 0 Å². The molecular weight excluding hydrogens is 507 g/mol. The maximum Gasteiger partial charge on any atom is 0.227 e. The summed E-state index contributed by atoms with van der Waals surface area (Å²) in [5.41, 5.74) is 2.14. The largest absolute Gasteiger partial charge is 0.494 e. The molecule has 224 valence electrons. The number of nitrogens with one attached hydrogen (secondary N) is 2. The number of unbranched alkanes of at least 4 members (excludes halogenated alkanes) is 1. The molecule has 1 amide bonds. The van der Waals surface area contributed by atoms with E-state index in [4.69, 9.17) is 4.74 Å². The molecule has 0 aromatic rings. The molecule has 0 aromatic carbocycles. The highest BCUT2D eigenvalue weighted by Gasteiger charge is 2.31. The Kier molecular flexibility index (Phi) is 13.2. The van der Waals surface area contributed by atoms with Gasteiger partial charge in [0.15, 0.2) is 11.6 Å². The molecule has 0 spiro atoms. The minimum Gasteiger partial charge on any atom is -0.494 e. The van der Waals surface area contributed by atoms with E-state index in [-0.39, 0.29) is 29.5 Å². The first-order valence-corrected chi connectivity index (χ1v) is 15.4. The number of carbonyl (C=O) groups is 1. The summed E-state index contributed by atoms with van der Waals surface area (Å²) in [5.74, 6) is 0.0885.